The topological polar surface area (TPSA) is 58.2 Å². The molecule has 4 aromatic rings. The Kier molecular flexibility index (Phi) is 6.29. The van der Waals surface area contributed by atoms with E-state index >= 15 is 0 Å². The molecular weight excluding hydrogens is 496 g/mol. The lowest BCUT2D eigenvalue weighted by atomic mass is 10.0. The Bertz CT molecular complexity index is 1360. The lowest BCUT2D eigenvalue weighted by Crippen LogP contribution is -2.18. The number of carbonyl (C=O) groups excluding carboxylic acids is 2. The molecule has 1 heterocycles. The Morgan fingerprint density at radius 2 is 1.55 bits per heavy atom. The molecule has 4 nitrogen and oxygen atoms in total. The largest absolute Gasteiger partial charge is 0.321 e. The summed E-state index contributed by atoms with van der Waals surface area (Å²) in [7, 11) is 0. The van der Waals surface area contributed by atoms with Crippen LogP contribution in [0.5, 0.6) is 0 Å². The average molecular weight is 519 g/mol. The second-order valence-electron chi connectivity index (χ2n) is 8.18. The maximum absolute atomic E-state index is 13.6. The van der Waals surface area contributed by atoms with E-state index in [4.69, 9.17) is 0 Å². The first-order valence-corrected chi connectivity index (χ1v) is 12.7. The molecule has 0 bridgehead atoms. The molecule has 1 aliphatic carbocycles. The Morgan fingerprint density at radius 3 is 2.42 bits per heavy atom. The molecule has 0 saturated carbocycles. The fraction of sp³-hybridized carbons (Fsp3) is 0.185. The summed E-state index contributed by atoms with van der Waals surface area (Å²) in [6.45, 7) is 0. The van der Waals surface area contributed by atoms with Crippen molar-refractivity contribution in [1.29, 1.82) is 0 Å². The van der Waals surface area contributed by atoms with Gasteiger partial charge in [0.25, 0.3) is 11.8 Å². The highest BCUT2D eigenvalue weighted by molar-refractivity contribution is 9.10. The van der Waals surface area contributed by atoms with Crippen molar-refractivity contribution < 1.29 is 9.59 Å². The molecule has 1 aromatic heterocycles. The predicted molar refractivity (Wildman–Crippen MR) is 140 cm³/mol. The molecule has 0 unspecified atom stereocenters. The van der Waals surface area contributed by atoms with Crippen LogP contribution in [0.1, 0.15) is 50.4 Å². The predicted octanol–water partition coefficient (Wildman–Crippen LogP) is 7.44. The maximum Gasteiger partial charge on any atom is 0.258 e. The minimum atomic E-state index is -0.224. The Hall–Kier alpha value is -2.96. The number of aryl methyl sites for hydroxylation is 1. The van der Waals surface area contributed by atoms with E-state index in [0.717, 1.165) is 58.6 Å². The van der Waals surface area contributed by atoms with Crippen molar-refractivity contribution in [2.45, 2.75) is 32.1 Å². The van der Waals surface area contributed by atoms with Gasteiger partial charge in [-0.25, -0.2) is 0 Å². The normalized spacial score (nSPS) is 13.2. The smallest absolute Gasteiger partial charge is 0.258 e. The number of hydrogen-bond acceptors (Lipinski definition) is 3. The van der Waals surface area contributed by atoms with Gasteiger partial charge in [-0.2, -0.15) is 0 Å². The number of rotatable bonds is 4. The number of carbonyl (C=O) groups is 2. The van der Waals surface area contributed by atoms with Crippen LogP contribution >= 0.6 is 27.3 Å². The number of thiophene rings is 1. The highest BCUT2D eigenvalue weighted by atomic mass is 79.9. The van der Waals surface area contributed by atoms with Gasteiger partial charge in [-0.1, -0.05) is 55.0 Å². The highest BCUT2D eigenvalue weighted by Gasteiger charge is 2.26. The van der Waals surface area contributed by atoms with Crippen LogP contribution in [0.4, 0.5) is 10.7 Å². The molecule has 2 N–H and O–H groups in total. The second kappa shape index (κ2) is 9.49. The van der Waals surface area contributed by atoms with Gasteiger partial charge < -0.3 is 10.6 Å². The molecule has 0 aliphatic heterocycles. The number of amides is 2. The molecule has 0 radical (unpaired) electrons. The fourth-order valence-corrected chi connectivity index (χ4v) is 6.15. The maximum atomic E-state index is 13.6. The van der Waals surface area contributed by atoms with Crippen molar-refractivity contribution >= 4 is 60.5 Å². The van der Waals surface area contributed by atoms with Gasteiger partial charge >= 0.3 is 0 Å². The summed E-state index contributed by atoms with van der Waals surface area (Å²) in [4.78, 5) is 27.9. The molecule has 0 saturated heterocycles. The van der Waals surface area contributed by atoms with Gasteiger partial charge in [-0.3, -0.25) is 9.59 Å². The third kappa shape index (κ3) is 4.45. The van der Waals surface area contributed by atoms with Crippen molar-refractivity contribution in [2.75, 3.05) is 10.6 Å². The Balaban J connectivity index is 1.52. The quantitative estimate of drug-likeness (QED) is 0.276. The molecule has 2 amide bonds. The van der Waals surface area contributed by atoms with Crippen LogP contribution in [0.15, 0.2) is 71.2 Å². The number of benzene rings is 3. The van der Waals surface area contributed by atoms with Crippen molar-refractivity contribution in [3.63, 3.8) is 0 Å². The number of halogens is 1. The van der Waals surface area contributed by atoms with Crippen LogP contribution in [-0.4, -0.2) is 11.8 Å². The molecule has 1 aliphatic rings. The standard InChI is InChI=1S/C27H23BrN2O2S/c28-21-14-7-6-12-19(21)25(31)30-27-24(20-13-2-1-3-16-23(20)33-27)26(32)29-22-15-8-10-17-9-4-5-11-18(17)22/h4-12,14-15H,1-3,13,16H2,(H,29,32)(H,30,31). The number of nitrogens with one attached hydrogen (secondary N) is 2. The molecule has 5 rings (SSSR count). The molecule has 0 fully saturated rings. The third-order valence-electron chi connectivity index (χ3n) is 6.03. The van der Waals surface area contributed by atoms with E-state index in [9.17, 15) is 9.59 Å². The van der Waals surface area contributed by atoms with Gasteiger partial charge in [0.2, 0.25) is 0 Å². The monoisotopic (exact) mass is 518 g/mol. The lowest BCUT2D eigenvalue weighted by Gasteiger charge is -2.12. The summed E-state index contributed by atoms with van der Waals surface area (Å²) in [6, 6.07) is 21.2. The molecule has 0 spiro atoms. The van der Waals surface area contributed by atoms with Gasteiger partial charge in [-0.15, -0.1) is 11.3 Å². The minimum Gasteiger partial charge on any atom is -0.321 e. The first-order chi connectivity index (χ1) is 16.1. The summed E-state index contributed by atoms with van der Waals surface area (Å²) in [5.74, 6) is -0.397. The zero-order valence-corrected chi connectivity index (χ0v) is 20.4. The van der Waals surface area contributed by atoms with E-state index in [1.54, 1.807) is 6.07 Å². The molecule has 166 valence electrons. The first-order valence-electron chi connectivity index (χ1n) is 11.1. The van der Waals surface area contributed by atoms with Gasteiger partial charge in [0.05, 0.1) is 11.1 Å². The van der Waals surface area contributed by atoms with Gasteiger partial charge in [0.15, 0.2) is 0 Å². The van der Waals surface area contributed by atoms with Crippen LogP contribution in [0.2, 0.25) is 0 Å². The summed E-state index contributed by atoms with van der Waals surface area (Å²) < 4.78 is 0.724. The van der Waals surface area contributed by atoms with E-state index in [-0.39, 0.29) is 11.8 Å². The van der Waals surface area contributed by atoms with Crippen LogP contribution in [0, 0.1) is 0 Å². The number of anilines is 2. The molecule has 0 atom stereocenters. The number of fused-ring (bicyclic) bond motifs is 2. The zero-order valence-electron chi connectivity index (χ0n) is 18.0. The third-order valence-corrected chi connectivity index (χ3v) is 7.93. The molecule has 6 heteroatoms. The van der Waals surface area contributed by atoms with Crippen LogP contribution in [0.3, 0.4) is 0 Å². The fourth-order valence-electron chi connectivity index (χ4n) is 4.41. The van der Waals surface area contributed by atoms with Gasteiger partial charge in [0, 0.05) is 20.4 Å². The summed E-state index contributed by atoms with van der Waals surface area (Å²) >= 11 is 4.99. The first kappa shape index (κ1) is 21.9. The van der Waals surface area contributed by atoms with Crippen LogP contribution in [-0.2, 0) is 12.8 Å². The van der Waals surface area contributed by atoms with Crippen molar-refractivity contribution in [3.05, 3.63) is 92.8 Å². The Morgan fingerprint density at radius 1 is 0.788 bits per heavy atom. The van der Waals surface area contributed by atoms with E-state index in [2.05, 4.69) is 26.6 Å². The van der Waals surface area contributed by atoms with Gasteiger partial charge in [-0.05, 0) is 70.8 Å². The van der Waals surface area contributed by atoms with E-state index < -0.39 is 0 Å². The van der Waals surface area contributed by atoms with Crippen molar-refractivity contribution in [2.24, 2.45) is 0 Å². The van der Waals surface area contributed by atoms with E-state index in [0.29, 0.717) is 16.1 Å². The lowest BCUT2D eigenvalue weighted by molar-refractivity contribution is 0.102. The van der Waals surface area contributed by atoms with Crippen molar-refractivity contribution in [3.8, 4) is 0 Å². The van der Waals surface area contributed by atoms with Crippen LogP contribution < -0.4 is 10.6 Å². The minimum absolute atomic E-state index is 0.173. The SMILES string of the molecule is O=C(Nc1sc2c(c1C(=O)Nc1cccc3ccccc13)CCCCC2)c1ccccc1Br. The average Bonchev–Trinajstić information content (AvgIpc) is 2.99. The van der Waals surface area contributed by atoms with Crippen molar-refractivity contribution in [1.82, 2.24) is 0 Å². The van der Waals surface area contributed by atoms with Crippen LogP contribution in [0.25, 0.3) is 10.8 Å². The van der Waals surface area contributed by atoms with E-state index in [1.807, 2.05) is 60.7 Å². The molecule has 3 aromatic carbocycles. The summed E-state index contributed by atoms with van der Waals surface area (Å²) in [5, 5.41) is 8.86. The highest BCUT2D eigenvalue weighted by Crippen LogP contribution is 2.38. The molecular formula is C27H23BrN2O2S. The number of hydrogen-bond donors (Lipinski definition) is 2. The summed E-state index contributed by atoms with van der Waals surface area (Å²) in [5.41, 5.74) is 3.00. The summed E-state index contributed by atoms with van der Waals surface area (Å²) in [6.07, 6.45) is 5.12. The van der Waals surface area contributed by atoms with E-state index in [1.165, 1.54) is 16.2 Å². The zero-order chi connectivity index (χ0) is 22.8. The Labute approximate surface area is 205 Å². The van der Waals surface area contributed by atoms with Gasteiger partial charge in [0.1, 0.15) is 5.00 Å². The second-order valence-corrected chi connectivity index (χ2v) is 10.1. The molecule has 33 heavy (non-hydrogen) atoms.